The molecule has 0 aliphatic heterocycles. The molecule has 2 aliphatic rings. The van der Waals surface area contributed by atoms with E-state index in [0.717, 1.165) is 51.6 Å². The van der Waals surface area contributed by atoms with E-state index in [1.807, 2.05) is 24.3 Å². The molecular formula is C25H40O6. The van der Waals surface area contributed by atoms with Crippen LogP contribution in [0.4, 0.5) is 0 Å². The second-order valence-corrected chi connectivity index (χ2v) is 9.09. The van der Waals surface area contributed by atoms with Gasteiger partial charge in [-0.3, -0.25) is 9.59 Å². The van der Waals surface area contributed by atoms with E-state index in [-0.39, 0.29) is 35.4 Å². The number of unbranched alkanes of at least 4 members (excludes halogenated alkanes) is 1. The Morgan fingerprint density at radius 2 is 2.00 bits per heavy atom. The van der Waals surface area contributed by atoms with Crippen molar-refractivity contribution in [3.63, 3.8) is 0 Å². The van der Waals surface area contributed by atoms with Gasteiger partial charge in [0.1, 0.15) is 5.78 Å². The third kappa shape index (κ3) is 7.55. The molecule has 2 aliphatic carbocycles. The van der Waals surface area contributed by atoms with Crippen LogP contribution in [-0.2, 0) is 19.1 Å². The van der Waals surface area contributed by atoms with Crippen LogP contribution in [0.1, 0.15) is 70.6 Å². The number of carbonyl (C=O) groups excluding carboxylic acids is 2. The second kappa shape index (κ2) is 13.1. The van der Waals surface area contributed by atoms with Crippen molar-refractivity contribution < 1.29 is 29.3 Å². The fourth-order valence-corrected chi connectivity index (χ4v) is 4.92. The van der Waals surface area contributed by atoms with Crippen molar-refractivity contribution in [3.05, 3.63) is 24.3 Å². The Morgan fingerprint density at radius 1 is 1.23 bits per heavy atom. The molecule has 1 unspecified atom stereocenters. The molecule has 0 spiro atoms. The first-order valence-corrected chi connectivity index (χ1v) is 11.7. The topological polar surface area (TPSA) is 93.1 Å². The summed E-state index contributed by atoms with van der Waals surface area (Å²) in [7, 11) is 3.09. The van der Waals surface area contributed by atoms with Gasteiger partial charge in [0.15, 0.2) is 0 Å². The van der Waals surface area contributed by atoms with Gasteiger partial charge in [-0.25, -0.2) is 0 Å². The number of methoxy groups -OCH3 is 2. The smallest absolute Gasteiger partial charge is 0.305 e. The van der Waals surface area contributed by atoms with Crippen LogP contribution in [0.5, 0.6) is 0 Å². The highest BCUT2D eigenvalue weighted by Crippen LogP contribution is 2.48. The van der Waals surface area contributed by atoms with Gasteiger partial charge in [-0.15, -0.1) is 0 Å². The van der Waals surface area contributed by atoms with Crippen LogP contribution in [0.3, 0.4) is 0 Å². The monoisotopic (exact) mass is 436 g/mol. The van der Waals surface area contributed by atoms with Gasteiger partial charge in [0.05, 0.1) is 19.3 Å². The first-order chi connectivity index (χ1) is 14.9. The molecule has 6 heteroatoms. The second-order valence-electron chi connectivity index (χ2n) is 9.09. The third-order valence-corrected chi connectivity index (χ3v) is 7.07. The molecule has 0 bridgehead atoms. The highest BCUT2D eigenvalue weighted by atomic mass is 16.5. The van der Waals surface area contributed by atoms with Crippen molar-refractivity contribution >= 4 is 11.8 Å². The van der Waals surface area contributed by atoms with Crippen molar-refractivity contribution in [1.82, 2.24) is 0 Å². The number of esters is 1. The van der Waals surface area contributed by atoms with Crippen molar-refractivity contribution in [1.29, 1.82) is 0 Å². The minimum Gasteiger partial charge on any atom is -0.469 e. The maximum absolute atomic E-state index is 12.4. The minimum atomic E-state index is -0.655. The van der Waals surface area contributed by atoms with E-state index in [1.54, 1.807) is 7.11 Å². The summed E-state index contributed by atoms with van der Waals surface area (Å²) in [6.07, 6.45) is 15.2. The van der Waals surface area contributed by atoms with Crippen LogP contribution in [0.2, 0.25) is 0 Å². The summed E-state index contributed by atoms with van der Waals surface area (Å²) in [4.78, 5) is 23.5. The van der Waals surface area contributed by atoms with Gasteiger partial charge >= 0.3 is 5.97 Å². The highest BCUT2D eigenvalue weighted by molar-refractivity contribution is 5.84. The van der Waals surface area contributed by atoms with E-state index in [2.05, 4.69) is 4.74 Å². The summed E-state index contributed by atoms with van der Waals surface area (Å²) < 4.78 is 9.78. The van der Waals surface area contributed by atoms with Crippen molar-refractivity contribution in [2.24, 2.45) is 17.3 Å². The average Bonchev–Trinajstić information content (AvgIpc) is 2.99. The number of hydrogen-bond acceptors (Lipinski definition) is 6. The lowest BCUT2D eigenvalue weighted by Gasteiger charge is -2.45. The number of hydrogen-bond donors (Lipinski definition) is 2. The minimum absolute atomic E-state index is 0.000675. The summed E-state index contributed by atoms with van der Waals surface area (Å²) in [5, 5.41) is 21.2. The molecule has 0 aromatic carbocycles. The standard InChI is InChI=1S/C25H40O6/c1-30-17-9-16-25(14-8-15-25)23(28)12-7-11-20-19(21(26)18-22(20)27)10-5-3-4-6-13-24(29)31-2/h3,5,7,11,19-20,22-23,27-28H,4,6,8-10,12-18H2,1-2H3/t19-,20-,22-,23?/m1/s1. The first kappa shape index (κ1) is 25.8. The summed E-state index contributed by atoms with van der Waals surface area (Å²) in [5.41, 5.74) is -0.000675. The molecule has 6 nitrogen and oxygen atoms in total. The summed E-state index contributed by atoms with van der Waals surface area (Å²) in [6.45, 7) is 0.721. The zero-order valence-electron chi connectivity index (χ0n) is 19.1. The molecule has 2 rings (SSSR count). The highest BCUT2D eigenvalue weighted by Gasteiger charge is 2.42. The van der Waals surface area contributed by atoms with E-state index in [9.17, 15) is 19.8 Å². The molecule has 2 N–H and O–H groups in total. The van der Waals surface area contributed by atoms with Gasteiger partial charge in [-0.1, -0.05) is 30.7 Å². The number of ketones is 1. The number of ether oxygens (including phenoxy) is 2. The van der Waals surface area contributed by atoms with Crippen LogP contribution < -0.4 is 0 Å². The number of aliphatic hydroxyl groups is 2. The summed E-state index contributed by atoms with van der Waals surface area (Å²) in [5.74, 6) is -0.543. The molecule has 176 valence electrons. The molecule has 0 aromatic rings. The number of aliphatic hydroxyl groups excluding tert-OH is 2. The zero-order valence-corrected chi connectivity index (χ0v) is 19.1. The van der Waals surface area contributed by atoms with Crippen molar-refractivity contribution in [2.75, 3.05) is 20.8 Å². The van der Waals surface area contributed by atoms with Crippen molar-refractivity contribution in [3.8, 4) is 0 Å². The molecule has 0 aromatic heterocycles. The molecular weight excluding hydrogens is 396 g/mol. The Labute approximate surface area is 186 Å². The number of carbonyl (C=O) groups is 2. The molecule has 0 saturated heterocycles. The lowest BCUT2D eigenvalue weighted by atomic mass is 9.62. The fourth-order valence-electron chi connectivity index (χ4n) is 4.92. The van der Waals surface area contributed by atoms with Crippen LogP contribution >= 0.6 is 0 Å². The predicted molar refractivity (Wildman–Crippen MR) is 119 cm³/mol. The zero-order chi connectivity index (χ0) is 22.7. The van der Waals surface area contributed by atoms with Gasteiger partial charge in [-0.05, 0) is 56.8 Å². The lowest BCUT2D eigenvalue weighted by molar-refractivity contribution is -0.140. The Hall–Kier alpha value is -1.50. The Kier molecular flexibility index (Phi) is 10.9. The largest absolute Gasteiger partial charge is 0.469 e. The fraction of sp³-hybridized carbons (Fsp3) is 0.760. The molecule has 0 amide bonds. The van der Waals surface area contributed by atoms with Gasteiger partial charge in [0, 0.05) is 38.4 Å². The third-order valence-electron chi connectivity index (χ3n) is 7.07. The van der Waals surface area contributed by atoms with Crippen LogP contribution in [0.15, 0.2) is 24.3 Å². The van der Waals surface area contributed by atoms with Crippen LogP contribution in [-0.4, -0.2) is 55.0 Å². The molecule has 2 saturated carbocycles. The molecule has 2 fully saturated rings. The molecule has 31 heavy (non-hydrogen) atoms. The van der Waals surface area contributed by atoms with Gasteiger partial charge in [0.2, 0.25) is 0 Å². The van der Waals surface area contributed by atoms with E-state index in [0.29, 0.717) is 19.3 Å². The van der Waals surface area contributed by atoms with E-state index in [4.69, 9.17) is 4.74 Å². The Bertz CT molecular complexity index is 622. The maximum atomic E-state index is 12.4. The first-order valence-electron chi connectivity index (χ1n) is 11.7. The van der Waals surface area contributed by atoms with E-state index < -0.39 is 12.2 Å². The van der Waals surface area contributed by atoms with Gasteiger partial charge in [0.25, 0.3) is 0 Å². The van der Waals surface area contributed by atoms with E-state index >= 15 is 0 Å². The van der Waals surface area contributed by atoms with Crippen LogP contribution in [0.25, 0.3) is 0 Å². The van der Waals surface area contributed by atoms with Crippen molar-refractivity contribution in [2.45, 2.75) is 82.8 Å². The quantitative estimate of drug-likeness (QED) is 0.245. The van der Waals surface area contributed by atoms with Gasteiger partial charge in [-0.2, -0.15) is 0 Å². The Balaban J connectivity index is 1.83. The summed E-state index contributed by atoms with van der Waals surface area (Å²) in [6, 6.07) is 0. The average molecular weight is 437 g/mol. The van der Waals surface area contributed by atoms with Gasteiger partial charge < -0.3 is 19.7 Å². The van der Waals surface area contributed by atoms with Crippen LogP contribution in [0, 0.1) is 17.3 Å². The molecule has 4 atom stereocenters. The maximum Gasteiger partial charge on any atom is 0.305 e. The Morgan fingerprint density at radius 3 is 2.65 bits per heavy atom. The lowest BCUT2D eigenvalue weighted by Crippen LogP contribution is -2.41. The SMILES string of the molecule is COCCCC1(C(O)CC=C[C@H]2[C@H](O)CC(=O)[C@@H]2CC=CCCCC(=O)OC)CCC1. The summed E-state index contributed by atoms with van der Waals surface area (Å²) >= 11 is 0. The predicted octanol–water partition coefficient (Wildman–Crippen LogP) is 3.75. The number of rotatable bonds is 14. The number of allylic oxidation sites excluding steroid dienone is 2. The molecule has 0 heterocycles. The normalized spacial score (nSPS) is 26.5. The number of Topliss-reactive ketones (excluding diaryl/α,β-unsaturated/α-hetero) is 1. The van der Waals surface area contributed by atoms with E-state index in [1.165, 1.54) is 7.11 Å². The molecule has 0 radical (unpaired) electrons.